The van der Waals surface area contributed by atoms with Crippen LogP contribution in [-0.2, 0) is 9.59 Å². The highest BCUT2D eigenvalue weighted by Crippen LogP contribution is 2.39. The Hall–Kier alpha value is -2.63. The molecule has 1 heterocycles. The van der Waals surface area contributed by atoms with Crippen molar-refractivity contribution in [2.24, 2.45) is 0 Å². The van der Waals surface area contributed by atoms with E-state index in [0.717, 1.165) is 24.2 Å². The van der Waals surface area contributed by atoms with Crippen LogP contribution in [0.15, 0.2) is 54.1 Å². The number of aliphatic hydroxyl groups is 1. The first-order valence-electron chi connectivity index (χ1n) is 10.2. The Morgan fingerprint density at radius 3 is 2.37 bits per heavy atom. The number of ketones is 1. The molecule has 0 aromatic heterocycles. The van der Waals surface area contributed by atoms with Crippen molar-refractivity contribution in [2.75, 3.05) is 26.2 Å². The third-order valence-electron chi connectivity index (χ3n) is 5.57. The van der Waals surface area contributed by atoms with Gasteiger partial charge in [0.25, 0.3) is 11.7 Å². The van der Waals surface area contributed by atoms with E-state index in [9.17, 15) is 14.7 Å². The number of nitrogens with zero attached hydrogens (tertiary/aromatic N) is 2. The molecule has 5 nitrogen and oxygen atoms in total. The second-order valence-electron chi connectivity index (χ2n) is 7.44. The Morgan fingerprint density at radius 1 is 1.10 bits per heavy atom. The van der Waals surface area contributed by atoms with Crippen molar-refractivity contribution in [2.45, 2.75) is 26.8 Å². The van der Waals surface area contributed by atoms with Gasteiger partial charge in [-0.3, -0.25) is 9.59 Å². The largest absolute Gasteiger partial charge is 0.507 e. The summed E-state index contributed by atoms with van der Waals surface area (Å²) in [5, 5.41) is 11.5. The molecule has 1 saturated heterocycles. The van der Waals surface area contributed by atoms with Crippen LogP contribution in [-0.4, -0.2) is 52.8 Å². The molecule has 158 valence electrons. The molecule has 2 aromatic rings. The van der Waals surface area contributed by atoms with Gasteiger partial charge in [0.2, 0.25) is 0 Å². The number of rotatable bonds is 7. The molecule has 3 rings (SSSR count). The van der Waals surface area contributed by atoms with Gasteiger partial charge in [0.05, 0.1) is 11.6 Å². The van der Waals surface area contributed by atoms with Crippen LogP contribution in [0.3, 0.4) is 0 Å². The molecule has 2 aromatic carbocycles. The fourth-order valence-electron chi connectivity index (χ4n) is 3.85. The Kier molecular flexibility index (Phi) is 6.95. The maximum atomic E-state index is 13.0. The van der Waals surface area contributed by atoms with E-state index in [1.165, 1.54) is 0 Å². The molecular weight excluding hydrogens is 400 g/mol. The van der Waals surface area contributed by atoms with E-state index < -0.39 is 17.7 Å². The molecule has 0 saturated carbocycles. The number of carbonyl (C=O) groups excluding carboxylic acids is 2. The number of Topliss-reactive ketones (excluding diaryl/α,β-unsaturated/α-hetero) is 1. The SMILES string of the molecule is CCN(CC)CCN1C(=O)C(=O)/C(=C(\O)c2ccc(Cl)cc2)C1c1cccc(C)c1. The van der Waals surface area contributed by atoms with Gasteiger partial charge in [0.15, 0.2) is 0 Å². The highest BCUT2D eigenvalue weighted by Gasteiger charge is 2.45. The molecule has 1 aliphatic rings. The summed E-state index contributed by atoms with van der Waals surface area (Å²) in [6, 6.07) is 13.7. The lowest BCUT2D eigenvalue weighted by molar-refractivity contribution is -0.140. The van der Waals surface area contributed by atoms with Gasteiger partial charge in [-0.2, -0.15) is 0 Å². The predicted octanol–water partition coefficient (Wildman–Crippen LogP) is 4.41. The molecule has 0 spiro atoms. The van der Waals surface area contributed by atoms with Crippen LogP contribution >= 0.6 is 11.6 Å². The van der Waals surface area contributed by atoms with Gasteiger partial charge < -0.3 is 14.9 Å². The lowest BCUT2D eigenvalue weighted by Gasteiger charge is -2.28. The van der Waals surface area contributed by atoms with Gasteiger partial charge in [0, 0.05) is 23.7 Å². The van der Waals surface area contributed by atoms with Gasteiger partial charge in [-0.1, -0.05) is 55.3 Å². The minimum absolute atomic E-state index is 0.118. The number of halogens is 1. The summed E-state index contributed by atoms with van der Waals surface area (Å²) in [5.41, 5.74) is 2.41. The van der Waals surface area contributed by atoms with Crippen LogP contribution in [0.4, 0.5) is 0 Å². The minimum Gasteiger partial charge on any atom is -0.507 e. The standard InChI is InChI=1S/C24H27ClN2O3/c1-4-26(5-2)13-14-27-21(18-8-6-7-16(3)15-18)20(23(29)24(27)30)22(28)17-9-11-19(25)12-10-17/h6-12,15,21,28H,4-5,13-14H2,1-3H3/b22-20-. The van der Waals surface area contributed by atoms with E-state index in [1.807, 2.05) is 31.2 Å². The smallest absolute Gasteiger partial charge is 0.295 e. The molecule has 1 N–H and O–H groups in total. The normalized spacial score (nSPS) is 18.4. The number of likely N-dealkylation sites (tertiary alicyclic amines) is 1. The van der Waals surface area contributed by atoms with E-state index >= 15 is 0 Å². The first kappa shape index (κ1) is 22.1. The van der Waals surface area contributed by atoms with E-state index in [2.05, 4.69) is 18.7 Å². The zero-order chi connectivity index (χ0) is 21.8. The van der Waals surface area contributed by atoms with Gasteiger partial charge in [-0.05, 0) is 49.8 Å². The maximum Gasteiger partial charge on any atom is 0.295 e. The summed E-state index contributed by atoms with van der Waals surface area (Å²) in [4.78, 5) is 29.7. The second kappa shape index (κ2) is 9.45. The van der Waals surface area contributed by atoms with Crippen molar-refractivity contribution < 1.29 is 14.7 Å². The number of likely N-dealkylation sites (N-methyl/N-ethyl adjacent to an activating group) is 1. The Balaban J connectivity index is 2.09. The van der Waals surface area contributed by atoms with E-state index in [0.29, 0.717) is 23.7 Å². The highest BCUT2D eigenvalue weighted by molar-refractivity contribution is 6.46. The first-order valence-corrected chi connectivity index (χ1v) is 10.6. The molecule has 0 aliphatic carbocycles. The van der Waals surface area contributed by atoms with E-state index in [-0.39, 0.29) is 11.3 Å². The van der Waals surface area contributed by atoms with Crippen molar-refractivity contribution in [1.82, 2.24) is 9.80 Å². The van der Waals surface area contributed by atoms with Gasteiger partial charge in [0.1, 0.15) is 5.76 Å². The van der Waals surface area contributed by atoms with Crippen molar-refractivity contribution in [3.05, 3.63) is 75.8 Å². The summed E-state index contributed by atoms with van der Waals surface area (Å²) in [7, 11) is 0. The molecule has 0 radical (unpaired) electrons. The zero-order valence-corrected chi connectivity index (χ0v) is 18.3. The molecule has 0 bridgehead atoms. The number of aliphatic hydroxyl groups excluding tert-OH is 1. The van der Waals surface area contributed by atoms with Gasteiger partial charge >= 0.3 is 0 Å². The average molecular weight is 427 g/mol. The lowest BCUT2D eigenvalue weighted by Crippen LogP contribution is -2.38. The summed E-state index contributed by atoms with van der Waals surface area (Å²) in [6.07, 6.45) is 0. The Labute approximate surface area is 182 Å². The zero-order valence-electron chi connectivity index (χ0n) is 17.6. The fourth-order valence-corrected chi connectivity index (χ4v) is 3.98. The monoisotopic (exact) mass is 426 g/mol. The van der Waals surface area contributed by atoms with Crippen LogP contribution in [0, 0.1) is 6.92 Å². The summed E-state index contributed by atoms with van der Waals surface area (Å²) >= 11 is 5.96. The van der Waals surface area contributed by atoms with Crippen LogP contribution in [0.2, 0.25) is 5.02 Å². The summed E-state index contributed by atoms with van der Waals surface area (Å²) < 4.78 is 0. The molecule has 1 aliphatic heterocycles. The maximum absolute atomic E-state index is 13.0. The number of benzene rings is 2. The number of hydrogen-bond acceptors (Lipinski definition) is 4. The van der Waals surface area contributed by atoms with Crippen LogP contribution < -0.4 is 0 Å². The number of aryl methyl sites for hydroxylation is 1. The predicted molar refractivity (Wildman–Crippen MR) is 119 cm³/mol. The molecule has 30 heavy (non-hydrogen) atoms. The van der Waals surface area contributed by atoms with Crippen molar-refractivity contribution in [3.8, 4) is 0 Å². The lowest BCUT2D eigenvalue weighted by atomic mass is 9.94. The number of hydrogen-bond donors (Lipinski definition) is 1. The van der Waals surface area contributed by atoms with Crippen LogP contribution in [0.1, 0.15) is 36.6 Å². The first-order chi connectivity index (χ1) is 14.4. The third-order valence-corrected chi connectivity index (χ3v) is 5.82. The Bertz CT molecular complexity index is 965. The second-order valence-corrected chi connectivity index (χ2v) is 7.88. The highest BCUT2D eigenvalue weighted by atomic mass is 35.5. The van der Waals surface area contributed by atoms with Gasteiger partial charge in [-0.15, -0.1) is 0 Å². The van der Waals surface area contributed by atoms with E-state index in [1.54, 1.807) is 29.2 Å². The fraction of sp³-hybridized carbons (Fsp3) is 0.333. The van der Waals surface area contributed by atoms with Crippen LogP contribution in [0.5, 0.6) is 0 Å². The Morgan fingerprint density at radius 2 is 1.77 bits per heavy atom. The molecule has 6 heteroatoms. The summed E-state index contributed by atoms with van der Waals surface area (Å²) in [6.45, 7) is 8.88. The topological polar surface area (TPSA) is 60.9 Å². The van der Waals surface area contributed by atoms with Crippen molar-refractivity contribution >= 4 is 29.1 Å². The summed E-state index contributed by atoms with van der Waals surface area (Å²) in [5.74, 6) is -1.42. The van der Waals surface area contributed by atoms with Crippen LogP contribution in [0.25, 0.3) is 5.76 Å². The number of carbonyl (C=O) groups is 2. The molecule has 1 amide bonds. The molecule has 1 atom stereocenters. The van der Waals surface area contributed by atoms with Crippen molar-refractivity contribution in [3.63, 3.8) is 0 Å². The molecule has 1 fully saturated rings. The quantitative estimate of drug-likeness (QED) is 0.404. The third kappa shape index (κ3) is 4.42. The molecular formula is C24H27ClN2O3. The van der Waals surface area contributed by atoms with Gasteiger partial charge in [-0.25, -0.2) is 0 Å². The molecule has 1 unspecified atom stereocenters. The average Bonchev–Trinajstić information content (AvgIpc) is 2.99. The van der Waals surface area contributed by atoms with E-state index in [4.69, 9.17) is 11.6 Å². The number of amides is 1. The van der Waals surface area contributed by atoms with Crippen molar-refractivity contribution in [1.29, 1.82) is 0 Å². The minimum atomic E-state index is -0.659.